The van der Waals surface area contributed by atoms with E-state index in [1.807, 2.05) is 0 Å². The summed E-state index contributed by atoms with van der Waals surface area (Å²) in [7, 11) is 0. The molecule has 0 amide bonds. The lowest BCUT2D eigenvalue weighted by Crippen LogP contribution is -2.50. The zero-order valence-corrected chi connectivity index (χ0v) is 13.8. The maximum absolute atomic E-state index is 4.97. The maximum atomic E-state index is 4.97. The number of guanidine groups is 1. The van der Waals surface area contributed by atoms with Crippen LogP contribution < -0.4 is 0 Å². The number of hydrogen-bond donors (Lipinski definition) is 0. The molecule has 1 rings (SSSR count). The molecule has 3 heteroatoms. The Morgan fingerprint density at radius 2 is 1.06 bits per heavy atom. The Labute approximate surface area is 113 Å². The maximum Gasteiger partial charge on any atom is 0.198 e. The van der Waals surface area contributed by atoms with Crippen LogP contribution in [0.2, 0.25) is 0 Å². The zero-order valence-electron chi connectivity index (χ0n) is 13.8. The highest BCUT2D eigenvalue weighted by Gasteiger charge is 2.39. The van der Waals surface area contributed by atoms with Crippen LogP contribution in [0.1, 0.15) is 62.3 Å². The van der Waals surface area contributed by atoms with E-state index in [0.717, 1.165) is 19.0 Å². The van der Waals surface area contributed by atoms with Gasteiger partial charge in [-0.05, 0) is 62.3 Å². The molecule has 0 unspecified atom stereocenters. The van der Waals surface area contributed by atoms with Gasteiger partial charge in [-0.15, -0.1) is 0 Å². The fourth-order valence-corrected chi connectivity index (χ4v) is 2.24. The summed E-state index contributed by atoms with van der Waals surface area (Å²) in [5.41, 5.74) is 0.223. The third kappa shape index (κ3) is 3.63. The van der Waals surface area contributed by atoms with Gasteiger partial charge in [0, 0.05) is 24.2 Å². The van der Waals surface area contributed by atoms with E-state index in [-0.39, 0.29) is 16.6 Å². The monoisotopic (exact) mass is 253 g/mol. The van der Waals surface area contributed by atoms with Gasteiger partial charge in [-0.3, -0.25) is 0 Å². The molecule has 1 fully saturated rings. The minimum absolute atomic E-state index is 0.0350. The fourth-order valence-electron chi connectivity index (χ4n) is 2.24. The molecular formula is C15H31N3. The van der Waals surface area contributed by atoms with Crippen molar-refractivity contribution in [3.63, 3.8) is 0 Å². The third-order valence-electron chi connectivity index (χ3n) is 3.08. The van der Waals surface area contributed by atoms with Crippen molar-refractivity contribution in [3.8, 4) is 0 Å². The van der Waals surface area contributed by atoms with E-state index >= 15 is 0 Å². The molecular weight excluding hydrogens is 222 g/mol. The van der Waals surface area contributed by atoms with Crippen molar-refractivity contribution in [3.05, 3.63) is 0 Å². The lowest BCUT2D eigenvalue weighted by atomic mass is 10.1. The molecule has 0 saturated carbocycles. The Bertz CT molecular complexity index is 299. The Morgan fingerprint density at radius 1 is 0.722 bits per heavy atom. The average molecular weight is 253 g/mol. The van der Waals surface area contributed by atoms with Crippen LogP contribution >= 0.6 is 0 Å². The summed E-state index contributed by atoms with van der Waals surface area (Å²) in [6.07, 6.45) is 0. The molecule has 0 atom stereocenters. The molecule has 0 bridgehead atoms. The molecule has 0 aromatic rings. The lowest BCUT2D eigenvalue weighted by molar-refractivity contribution is 0.242. The van der Waals surface area contributed by atoms with E-state index in [0.29, 0.717) is 0 Å². The van der Waals surface area contributed by atoms with Gasteiger partial charge in [0.05, 0.1) is 5.54 Å². The van der Waals surface area contributed by atoms with Crippen molar-refractivity contribution in [1.82, 2.24) is 9.80 Å². The largest absolute Gasteiger partial charge is 0.336 e. The van der Waals surface area contributed by atoms with Gasteiger partial charge in [-0.2, -0.15) is 0 Å². The van der Waals surface area contributed by atoms with Gasteiger partial charge in [0.2, 0.25) is 0 Å². The SMILES string of the molecule is CC(C)(C)N=C1N(C(C)(C)C)CCN1C(C)(C)C. The summed E-state index contributed by atoms with van der Waals surface area (Å²) in [5, 5.41) is 0. The van der Waals surface area contributed by atoms with Crippen LogP contribution in [0, 0.1) is 0 Å². The molecule has 1 saturated heterocycles. The highest BCUT2D eigenvalue weighted by atomic mass is 15.5. The number of aliphatic imine (C=N–C) groups is 1. The normalized spacial score (nSPS) is 18.6. The highest BCUT2D eigenvalue weighted by molar-refractivity contribution is 5.83. The van der Waals surface area contributed by atoms with Gasteiger partial charge in [0.1, 0.15) is 0 Å². The van der Waals surface area contributed by atoms with Gasteiger partial charge in [-0.25, -0.2) is 4.99 Å². The van der Waals surface area contributed by atoms with E-state index < -0.39 is 0 Å². The van der Waals surface area contributed by atoms with Crippen molar-refractivity contribution in [1.29, 1.82) is 0 Å². The summed E-state index contributed by atoms with van der Waals surface area (Å²) in [5.74, 6) is 1.16. The second-order valence-corrected chi connectivity index (χ2v) is 8.23. The van der Waals surface area contributed by atoms with Crippen molar-refractivity contribution < 1.29 is 0 Å². The lowest BCUT2D eigenvalue weighted by Gasteiger charge is -2.39. The van der Waals surface area contributed by atoms with Gasteiger partial charge in [0.25, 0.3) is 0 Å². The van der Waals surface area contributed by atoms with Crippen molar-refractivity contribution in [2.45, 2.75) is 78.9 Å². The van der Waals surface area contributed by atoms with Crippen LogP contribution in [0.15, 0.2) is 4.99 Å². The summed E-state index contributed by atoms with van der Waals surface area (Å²) in [6.45, 7) is 22.2. The standard InChI is InChI=1S/C15H31N3/c1-13(2,3)16-12-17(14(4,5)6)10-11-18(12)15(7,8)9/h10-11H2,1-9H3. The fraction of sp³-hybridized carbons (Fsp3) is 0.933. The molecule has 18 heavy (non-hydrogen) atoms. The molecule has 1 heterocycles. The minimum atomic E-state index is -0.0350. The van der Waals surface area contributed by atoms with E-state index in [1.54, 1.807) is 0 Å². The average Bonchev–Trinajstić information content (AvgIpc) is 2.41. The smallest absolute Gasteiger partial charge is 0.198 e. The highest BCUT2D eigenvalue weighted by Crippen LogP contribution is 2.28. The number of rotatable bonds is 0. The van der Waals surface area contributed by atoms with Gasteiger partial charge in [-0.1, -0.05) is 0 Å². The van der Waals surface area contributed by atoms with E-state index in [2.05, 4.69) is 72.1 Å². The van der Waals surface area contributed by atoms with E-state index in [1.165, 1.54) is 0 Å². The van der Waals surface area contributed by atoms with Crippen LogP contribution in [-0.2, 0) is 0 Å². The van der Waals surface area contributed by atoms with Gasteiger partial charge < -0.3 is 9.80 Å². The Kier molecular flexibility index (Phi) is 3.77. The molecule has 0 aliphatic carbocycles. The van der Waals surface area contributed by atoms with Crippen molar-refractivity contribution in [2.24, 2.45) is 4.99 Å². The first-order chi connectivity index (χ1) is 7.82. The summed E-state index contributed by atoms with van der Waals surface area (Å²) < 4.78 is 0. The van der Waals surface area contributed by atoms with Crippen LogP contribution in [0.3, 0.4) is 0 Å². The Hall–Kier alpha value is -0.730. The molecule has 0 radical (unpaired) electrons. The van der Waals surface area contributed by atoms with E-state index in [4.69, 9.17) is 4.99 Å². The molecule has 0 spiro atoms. The van der Waals surface area contributed by atoms with E-state index in [9.17, 15) is 0 Å². The zero-order chi connectivity index (χ0) is 14.4. The molecule has 0 aromatic heterocycles. The Morgan fingerprint density at radius 3 is 1.28 bits per heavy atom. The molecule has 1 aliphatic heterocycles. The Balaban J connectivity index is 3.17. The first kappa shape index (κ1) is 15.3. The summed E-state index contributed by atoms with van der Waals surface area (Å²) in [6, 6.07) is 0. The van der Waals surface area contributed by atoms with Gasteiger partial charge >= 0.3 is 0 Å². The van der Waals surface area contributed by atoms with Crippen LogP contribution in [-0.4, -0.2) is 45.5 Å². The van der Waals surface area contributed by atoms with Crippen molar-refractivity contribution in [2.75, 3.05) is 13.1 Å². The van der Waals surface area contributed by atoms with Crippen LogP contribution in [0.5, 0.6) is 0 Å². The second kappa shape index (κ2) is 4.43. The quantitative estimate of drug-likeness (QED) is 0.659. The van der Waals surface area contributed by atoms with Crippen molar-refractivity contribution >= 4 is 5.96 Å². The van der Waals surface area contributed by atoms with Gasteiger partial charge in [0.15, 0.2) is 5.96 Å². The molecule has 1 aliphatic rings. The molecule has 0 aromatic carbocycles. The second-order valence-electron chi connectivity index (χ2n) is 8.23. The predicted octanol–water partition coefficient (Wildman–Crippen LogP) is 3.36. The van der Waals surface area contributed by atoms with Crippen LogP contribution in [0.4, 0.5) is 0 Å². The minimum Gasteiger partial charge on any atom is -0.336 e. The number of nitrogens with zero attached hydrogens (tertiary/aromatic N) is 3. The molecule has 3 nitrogen and oxygen atoms in total. The summed E-state index contributed by atoms with van der Waals surface area (Å²) >= 11 is 0. The predicted molar refractivity (Wildman–Crippen MR) is 80.1 cm³/mol. The summed E-state index contributed by atoms with van der Waals surface area (Å²) in [4.78, 5) is 9.84. The topological polar surface area (TPSA) is 18.8 Å². The molecule has 0 N–H and O–H groups in total. The first-order valence-corrected chi connectivity index (χ1v) is 6.97. The molecule has 106 valence electrons. The third-order valence-corrected chi connectivity index (χ3v) is 3.08. The first-order valence-electron chi connectivity index (χ1n) is 6.97. The van der Waals surface area contributed by atoms with Crippen LogP contribution in [0.25, 0.3) is 0 Å². The number of hydrogen-bond acceptors (Lipinski definition) is 1.